The fourth-order valence-electron chi connectivity index (χ4n) is 6.87. The Bertz CT molecular complexity index is 1380. The summed E-state index contributed by atoms with van der Waals surface area (Å²) >= 11 is 0. The fraction of sp³-hybridized carbons (Fsp3) is 0.464. The average Bonchev–Trinajstić information content (AvgIpc) is 3.48. The summed E-state index contributed by atoms with van der Waals surface area (Å²) in [4.78, 5) is 29.2. The Morgan fingerprint density at radius 1 is 1.13 bits per heavy atom. The Labute approximate surface area is 222 Å². The van der Waals surface area contributed by atoms with E-state index in [1.165, 1.54) is 18.2 Å². The number of rotatable bonds is 8. The fourth-order valence-corrected chi connectivity index (χ4v) is 8.02. The Hall–Kier alpha value is -3.27. The number of esters is 1. The van der Waals surface area contributed by atoms with Crippen LogP contribution in [-0.4, -0.2) is 43.2 Å². The van der Waals surface area contributed by atoms with Gasteiger partial charge in [-0.05, 0) is 74.3 Å². The molecule has 2 saturated carbocycles. The topological polar surface area (TPSA) is 105 Å². The predicted molar refractivity (Wildman–Crippen MR) is 140 cm³/mol. The van der Waals surface area contributed by atoms with Gasteiger partial charge in [0.05, 0.1) is 30.2 Å². The third-order valence-electron chi connectivity index (χ3n) is 8.35. The molecule has 3 aliphatic rings. The van der Waals surface area contributed by atoms with E-state index in [0.717, 1.165) is 24.8 Å². The van der Waals surface area contributed by atoms with Crippen molar-refractivity contribution in [1.82, 2.24) is 4.90 Å². The molecule has 4 atom stereocenters. The molecule has 202 valence electrons. The number of carbonyl (C=O) groups is 2. The lowest BCUT2D eigenvalue weighted by atomic mass is 9.69. The first-order valence-electron chi connectivity index (χ1n) is 13.1. The lowest BCUT2D eigenvalue weighted by molar-refractivity contribution is -0.163. The molecule has 2 aromatic rings. The zero-order valence-electron chi connectivity index (χ0n) is 21.5. The van der Waals surface area contributed by atoms with Crippen molar-refractivity contribution in [2.75, 3.05) is 11.9 Å². The molecule has 8 nitrogen and oxygen atoms in total. The third kappa shape index (κ3) is 4.48. The molecular weight excluding hydrogens is 509 g/mol. The van der Waals surface area contributed by atoms with Crippen molar-refractivity contribution in [2.24, 2.45) is 22.2 Å². The molecular formula is C28H32FN3O5S. The number of amidine groups is 1. The van der Waals surface area contributed by atoms with Crippen LogP contribution in [0.25, 0.3) is 0 Å². The van der Waals surface area contributed by atoms with Crippen LogP contribution in [-0.2, 0) is 30.9 Å². The van der Waals surface area contributed by atoms with Gasteiger partial charge in [-0.3, -0.25) is 9.59 Å². The normalized spacial score (nSPS) is 26.7. The number of benzene rings is 2. The molecule has 1 heterocycles. The van der Waals surface area contributed by atoms with Crippen molar-refractivity contribution in [3.63, 3.8) is 0 Å². The number of carbonyl (C=O) groups excluding carboxylic acids is 2. The Morgan fingerprint density at radius 2 is 1.87 bits per heavy atom. The van der Waals surface area contributed by atoms with Gasteiger partial charge in [0, 0.05) is 6.54 Å². The maximum atomic E-state index is 14.1. The maximum absolute atomic E-state index is 14.1. The van der Waals surface area contributed by atoms with Crippen LogP contribution in [0.2, 0.25) is 0 Å². The Balaban J connectivity index is 1.53. The van der Waals surface area contributed by atoms with Crippen molar-refractivity contribution in [2.45, 2.75) is 62.9 Å². The molecule has 0 aromatic heterocycles. The number of nitrogens with zero attached hydrogens (tertiary/aromatic N) is 2. The van der Waals surface area contributed by atoms with E-state index in [1.807, 2.05) is 6.92 Å². The lowest BCUT2D eigenvalue weighted by Crippen LogP contribution is -2.61. The SMILES string of the molecule is CCOC(=O)C1C2CCC(C2)C1(CC)N(Cc1ccc(F)cc1)C(=O)CC1=NS(=O)(=O)c2ccccc2N1. The smallest absolute Gasteiger partial charge is 0.311 e. The molecule has 4 unspecified atom stereocenters. The highest BCUT2D eigenvalue weighted by atomic mass is 32.2. The molecule has 0 radical (unpaired) electrons. The van der Waals surface area contributed by atoms with E-state index >= 15 is 0 Å². The van der Waals surface area contributed by atoms with Crippen molar-refractivity contribution in [3.05, 3.63) is 59.9 Å². The largest absolute Gasteiger partial charge is 0.466 e. The first-order valence-corrected chi connectivity index (χ1v) is 14.5. The molecule has 1 aliphatic heterocycles. The van der Waals surface area contributed by atoms with Crippen LogP contribution in [0.3, 0.4) is 0 Å². The van der Waals surface area contributed by atoms with Gasteiger partial charge in [-0.15, -0.1) is 4.40 Å². The first kappa shape index (κ1) is 26.3. The van der Waals surface area contributed by atoms with E-state index in [2.05, 4.69) is 9.71 Å². The standard InChI is InChI=1S/C28H32FN3O5S/c1-3-28(20-12-11-19(15-20)26(28)27(34)37-4-2)32(17-18-9-13-21(29)14-10-18)25(33)16-24-30-22-7-5-6-8-23(22)38(35,36)31-24/h5-10,13-14,19-20,26H,3-4,11-12,15-17H2,1-2H3,(H,30,31). The molecule has 2 aliphatic carbocycles. The molecule has 38 heavy (non-hydrogen) atoms. The van der Waals surface area contributed by atoms with E-state index in [-0.39, 0.29) is 59.8 Å². The number of halogens is 1. The van der Waals surface area contributed by atoms with Gasteiger partial charge in [0.15, 0.2) is 0 Å². The van der Waals surface area contributed by atoms with Crippen LogP contribution in [0.1, 0.15) is 51.5 Å². The van der Waals surface area contributed by atoms with Crippen LogP contribution >= 0.6 is 0 Å². The average molecular weight is 542 g/mol. The van der Waals surface area contributed by atoms with E-state index in [0.29, 0.717) is 12.1 Å². The van der Waals surface area contributed by atoms with Gasteiger partial charge < -0.3 is 15.0 Å². The lowest BCUT2D eigenvalue weighted by Gasteiger charge is -2.50. The molecule has 1 amide bonds. The second-order valence-corrected chi connectivity index (χ2v) is 11.8. The number of amides is 1. The van der Waals surface area contributed by atoms with Crippen molar-refractivity contribution >= 4 is 33.4 Å². The molecule has 2 bridgehead atoms. The van der Waals surface area contributed by atoms with Gasteiger partial charge in [-0.1, -0.05) is 31.2 Å². The van der Waals surface area contributed by atoms with Crippen molar-refractivity contribution in [1.29, 1.82) is 0 Å². The van der Waals surface area contributed by atoms with E-state index in [9.17, 15) is 22.4 Å². The van der Waals surface area contributed by atoms with Gasteiger partial charge in [-0.2, -0.15) is 8.42 Å². The van der Waals surface area contributed by atoms with Crippen LogP contribution in [0.5, 0.6) is 0 Å². The zero-order valence-corrected chi connectivity index (χ0v) is 22.3. The number of hydrogen-bond donors (Lipinski definition) is 1. The third-order valence-corrected chi connectivity index (χ3v) is 9.72. The molecule has 2 fully saturated rings. The molecule has 2 aromatic carbocycles. The van der Waals surface area contributed by atoms with Gasteiger partial charge in [-0.25, -0.2) is 4.39 Å². The van der Waals surface area contributed by atoms with E-state index in [1.54, 1.807) is 42.2 Å². The number of hydrogen-bond acceptors (Lipinski definition) is 6. The summed E-state index contributed by atoms with van der Waals surface area (Å²) in [7, 11) is -3.97. The van der Waals surface area contributed by atoms with E-state index < -0.39 is 21.5 Å². The number of fused-ring (bicyclic) bond motifs is 3. The Kier molecular flexibility index (Phi) is 7.02. The minimum atomic E-state index is -3.97. The summed E-state index contributed by atoms with van der Waals surface area (Å²) in [6.45, 7) is 4.15. The minimum absolute atomic E-state index is 0.0277. The summed E-state index contributed by atoms with van der Waals surface area (Å²) < 4.78 is 48.7. The quantitative estimate of drug-likeness (QED) is 0.493. The second-order valence-electron chi connectivity index (χ2n) is 10.3. The van der Waals surface area contributed by atoms with Gasteiger partial charge in [0.25, 0.3) is 10.0 Å². The Morgan fingerprint density at radius 3 is 2.58 bits per heavy atom. The number of sulfonamides is 1. The number of ether oxygens (including phenoxy) is 1. The first-order chi connectivity index (χ1) is 18.2. The van der Waals surface area contributed by atoms with Gasteiger partial charge >= 0.3 is 5.97 Å². The van der Waals surface area contributed by atoms with Crippen LogP contribution in [0.15, 0.2) is 57.8 Å². The van der Waals surface area contributed by atoms with E-state index in [4.69, 9.17) is 4.74 Å². The van der Waals surface area contributed by atoms with Crippen LogP contribution in [0, 0.1) is 23.6 Å². The van der Waals surface area contributed by atoms with Gasteiger partial charge in [0.1, 0.15) is 16.5 Å². The summed E-state index contributed by atoms with van der Waals surface area (Å²) in [5, 5.41) is 3.00. The molecule has 5 rings (SSSR count). The second kappa shape index (κ2) is 10.1. The number of nitrogens with one attached hydrogen (secondary N) is 1. The molecule has 1 N–H and O–H groups in total. The highest BCUT2D eigenvalue weighted by Crippen LogP contribution is 2.59. The summed E-state index contributed by atoms with van der Waals surface area (Å²) in [5.74, 6) is -1.28. The molecule has 0 saturated heterocycles. The van der Waals surface area contributed by atoms with Gasteiger partial charge in [0.2, 0.25) is 5.91 Å². The summed E-state index contributed by atoms with van der Waals surface area (Å²) in [6.07, 6.45) is 2.86. The maximum Gasteiger partial charge on any atom is 0.311 e. The minimum Gasteiger partial charge on any atom is -0.466 e. The van der Waals surface area contributed by atoms with Crippen molar-refractivity contribution < 1.29 is 27.1 Å². The zero-order chi connectivity index (χ0) is 27.1. The number of para-hydroxylation sites is 1. The molecule has 10 heteroatoms. The van der Waals surface area contributed by atoms with Crippen LogP contribution < -0.4 is 5.32 Å². The predicted octanol–water partition coefficient (Wildman–Crippen LogP) is 4.52. The van der Waals surface area contributed by atoms with Crippen LogP contribution in [0.4, 0.5) is 10.1 Å². The van der Waals surface area contributed by atoms with Crippen molar-refractivity contribution in [3.8, 4) is 0 Å². The highest BCUT2D eigenvalue weighted by Gasteiger charge is 2.64. The summed E-state index contributed by atoms with van der Waals surface area (Å²) in [6, 6.07) is 12.4. The monoisotopic (exact) mass is 541 g/mol. The summed E-state index contributed by atoms with van der Waals surface area (Å²) in [5.41, 5.74) is 0.284. The number of anilines is 1. The highest BCUT2D eigenvalue weighted by molar-refractivity contribution is 7.90. The molecule has 0 spiro atoms.